The van der Waals surface area contributed by atoms with Crippen LogP contribution in [0.5, 0.6) is 0 Å². The third-order valence-corrected chi connectivity index (χ3v) is 19.0. The zero-order chi connectivity index (χ0) is 32.7. The maximum absolute atomic E-state index is 2.65. The van der Waals surface area contributed by atoms with E-state index >= 15 is 0 Å². The van der Waals surface area contributed by atoms with Gasteiger partial charge in [-0.1, -0.05) is 167 Å². The van der Waals surface area contributed by atoms with Gasteiger partial charge < -0.3 is 14.9 Å². The molecule has 0 atom stereocenters. The van der Waals surface area contributed by atoms with E-state index in [0.717, 1.165) is 0 Å². The molecule has 0 fully saturated rings. The smallest absolute Gasteiger partial charge is 0.358 e. The molecule has 49 heavy (non-hydrogen) atoms. The Kier molecular flexibility index (Phi) is 13.7. The molecule has 0 spiro atoms. The summed E-state index contributed by atoms with van der Waals surface area (Å²) in [5.74, 6) is 0. The van der Waals surface area contributed by atoms with Crippen LogP contribution in [0.3, 0.4) is 0 Å². The number of fused-ring (bicyclic) bond motifs is 2. The Morgan fingerprint density at radius 2 is 0.918 bits per heavy atom. The maximum atomic E-state index is 2.65. The van der Waals surface area contributed by atoms with Crippen molar-refractivity contribution in [2.24, 2.45) is 0 Å². The largest absolute Gasteiger partial charge is 4.00 e. The summed E-state index contributed by atoms with van der Waals surface area (Å²) in [6, 6.07) is 44.3. The summed E-state index contributed by atoms with van der Waals surface area (Å²) in [5.41, 5.74) is 5.40. The van der Waals surface area contributed by atoms with Gasteiger partial charge in [-0.2, -0.15) is 12.1 Å². The average molecular weight is 862 g/mol. The average Bonchev–Trinajstić information content (AvgIpc) is 3.68. The molecule has 254 valence electrons. The van der Waals surface area contributed by atoms with E-state index in [1.54, 1.807) is 10.4 Å². The van der Waals surface area contributed by atoms with E-state index < -0.39 is 24.2 Å². The zero-order valence-corrected chi connectivity index (χ0v) is 38.5. The van der Waals surface area contributed by atoms with Crippen LogP contribution in [0.4, 0.5) is 0 Å². The Balaban J connectivity index is 0.00000217. The van der Waals surface area contributed by atoms with Gasteiger partial charge in [0.25, 0.3) is 0 Å². The van der Waals surface area contributed by atoms with Crippen LogP contribution >= 0.6 is 0 Å². The molecule has 0 radical (unpaired) electrons. The van der Waals surface area contributed by atoms with Gasteiger partial charge in [-0.05, 0) is 11.1 Å². The first-order chi connectivity index (χ1) is 21.9. The van der Waals surface area contributed by atoms with Crippen molar-refractivity contribution in [2.45, 2.75) is 84.5 Å². The Morgan fingerprint density at radius 1 is 0.510 bits per heavy atom. The molecule has 0 aliphatic heterocycles. The fourth-order valence-electron chi connectivity index (χ4n) is 7.27. The van der Waals surface area contributed by atoms with Crippen molar-refractivity contribution in [3.8, 4) is 22.3 Å². The fraction of sp³-hybridized carbons (Fsp3) is 0.289. The van der Waals surface area contributed by atoms with Gasteiger partial charge in [0.05, 0.1) is 24.2 Å². The second-order valence-corrected chi connectivity index (χ2v) is 30.4. The molecule has 0 saturated heterocycles. The van der Waals surface area contributed by atoms with Gasteiger partial charge in [-0.25, -0.2) is 0 Å². The molecule has 0 nitrogen and oxygen atoms in total. The van der Waals surface area contributed by atoms with Gasteiger partial charge in [-0.15, -0.1) is 68.3 Å². The third-order valence-electron chi connectivity index (χ3n) is 10.4. The Labute approximate surface area is 320 Å². The number of rotatable bonds is 11. The minimum absolute atomic E-state index is 0. The number of hydrogen-bond donors (Lipinski definition) is 0. The van der Waals surface area contributed by atoms with E-state index in [0.29, 0.717) is 0 Å². The minimum Gasteiger partial charge on any atom is -0.358 e. The van der Waals surface area contributed by atoms with Crippen molar-refractivity contribution in [3.63, 3.8) is 0 Å². The Bertz CT molecular complexity index is 1810. The molecular formula is C45H58HfSi3. The summed E-state index contributed by atoms with van der Waals surface area (Å²) in [4.78, 5) is 0. The van der Waals surface area contributed by atoms with Crippen LogP contribution in [0.1, 0.15) is 32.6 Å². The van der Waals surface area contributed by atoms with Crippen LogP contribution in [0.25, 0.3) is 43.8 Å². The fourth-order valence-corrected chi connectivity index (χ4v) is 13.3. The summed E-state index contributed by atoms with van der Waals surface area (Å²) in [5, 5.41) is 11.8. The summed E-state index contributed by atoms with van der Waals surface area (Å²) < 4.78 is 0. The van der Waals surface area contributed by atoms with Crippen molar-refractivity contribution < 1.29 is 25.8 Å². The molecule has 6 aromatic carbocycles. The van der Waals surface area contributed by atoms with Crippen molar-refractivity contribution in [3.05, 3.63) is 124 Å². The molecule has 0 aliphatic rings. The SMILES string of the molecule is CCCCCC[Si](C)(c1cc2c(-c3ccc([Si](C)(C)C)cc3)cccc2[cH-]1)c1cc2c(-c3ccc([Si](C)(C)C)cc3)cccc2[cH-]1.[CH3-].[CH3-].[Hf+4]. The van der Waals surface area contributed by atoms with Crippen LogP contribution in [-0.4, -0.2) is 24.2 Å². The summed E-state index contributed by atoms with van der Waals surface area (Å²) >= 11 is 0. The quantitative estimate of drug-likeness (QED) is 0.0692. The molecule has 0 unspecified atom stereocenters. The van der Waals surface area contributed by atoms with Crippen LogP contribution in [0.2, 0.25) is 51.9 Å². The number of hydrogen-bond acceptors (Lipinski definition) is 0. The summed E-state index contributed by atoms with van der Waals surface area (Å²) in [6.07, 6.45) is 5.22. The molecule has 0 saturated carbocycles. The van der Waals surface area contributed by atoms with Crippen LogP contribution in [-0.2, 0) is 25.8 Å². The van der Waals surface area contributed by atoms with Gasteiger partial charge in [0.1, 0.15) is 0 Å². The standard InChI is InChI=1S/C43H52Si3.2CH3.Hf/c1-9-10-11-12-27-46(8,38-28-34-15-13-17-40(42(34)30-38)32-19-23-36(24-20-32)44(2,3)4)39-29-35-16-14-18-41(43(35)31-39)33-21-25-37(26-22-33)45(5,6)7;;;/h13-26,28-31H,9-12,27H2,1-8H3;2*1H3;/q-2;2*-1;+4. The first-order valence-electron chi connectivity index (χ1n) is 17.5. The van der Waals surface area contributed by atoms with E-state index in [1.807, 2.05) is 0 Å². The van der Waals surface area contributed by atoms with Crippen molar-refractivity contribution >= 4 is 66.5 Å². The van der Waals surface area contributed by atoms with Crippen LogP contribution < -0.4 is 20.7 Å². The second-order valence-electron chi connectivity index (χ2n) is 15.9. The minimum atomic E-state index is -2.02. The molecule has 6 aromatic rings. The summed E-state index contributed by atoms with van der Waals surface area (Å²) in [7, 11) is -4.69. The van der Waals surface area contributed by atoms with Gasteiger partial charge in [-0.3, -0.25) is 0 Å². The molecule has 6 rings (SSSR count). The van der Waals surface area contributed by atoms with Gasteiger partial charge in [0.2, 0.25) is 0 Å². The van der Waals surface area contributed by atoms with Crippen LogP contribution in [0, 0.1) is 14.9 Å². The zero-order valence-electron chi connectivity index (χ0n) is 31.9. The topological polar surface area (TPSA) is 0 Å². The molecule has 0 bridgehead atoms. The number of benzene rings is 4. The van der Waals surface area contributed by atoms with Crippen LogP contribution in [0.15, 0.2) is 109 Å². The normalized spacial score (nSPS) is 12.0. The van der Waals surface area contributed by atoms with E-state index in [9.17, 15) is 0 Å². The molecular weight excluding hydrogens is 803 g/mol. The number of unbranched alkanes of at least 4 members (excludes halogenated alkanes) is 3. The van der Waals surface area contributed by atoms with Gasteiger partial charge in [0, 0.05) is 0 Å². The Morgan fingerprint density at radius 3 is 1.29 bits per heavy atom. The van der Waals surface area contributed by atoms with E-state index in [2.05, 4.69) is 162 Å². The van der Waals surface area contributed by atoms with E-state index in [1.165, 1.54) is 85.9 Å². The maximum Gasteiger partial charge on any atom is 4.00 e. The monoisotopic (exact) mass is 862 g/mol. The first-order valence-corrected chi connectivity index (χ1v) is 27.2. The first kappa shape index (κ1) is 41.0. The molecule has 0 heterocycles. The van der Waals surface area contributed by atoms with Crippen molar-refractivity contribution in [2.75, 3.05) is 0 Å². The Hall–Kier alpha value is -2.38. The van der Waals surface area contributed by atoms with E-state index in [-0.39, 0.29) is 40.7 Å². The second kappa shape index (κ2) is 16.3. The molecule has 0 aliphatic carbocycles. The van der Waals surface area contributed by atoms with E-state index in [4.69, 9.17) is 0 Å². The molecule has 0 N–H and O–H groups in total. The predicted molar refractivity (Wildman–Crippen MR) is 229 cm³/mol. The van der Waals surface area contributed by atoms with Crippen molar-refractivity contribution in [1.82, 2.24) is 0 Å². The predicted octanol–water partition coefficient (Wildman–Crippen LogP) is 11.5. The summed E-state index contributed by atoms with van der Waals surface area (Å²) in [6.45, 7) is 19.5. The van der Waals surface area contributed by atoms with Gasteiger partial charge >= 0.3 is 25.8 Å². The van der Waals surface area contributed by atoms with Crippen molar-refractivity contribution in [1.29, 1.82) is 0 Å². The molecule has 4 heteroatoms. The van der Waals surface area contributed by atoms with Gasteiger partial charge in [0.15, 0.2) is 0 Å². The third kappa shape index (κ3) is 8.57. The molecule has 0 amide bonds. The molecule has 0 aromatic heterocycles.